The highest BCUT2D eigenvalue weighted by molar-refractivity contribution is 7.89. The number of fused-ring (bicyclic) bond motifs is 1. The first-order valence-corrected chi connectivity index (χ1v) is 12.0. The van der Waals surface area contributed by atoms with E-state index in [1.165, 1.54) is 15.4 Å². The van der Waals surface area contributed by atoms with E-state index >= 15 is 0 Å². The number of carbonyl (C=O) groups is 1. The Labute approximate surface area is 178 Å². The smallest absolute Gasteiger partial charge is 0.258 e. The Kier molecular flexibility index (Phi) is 5.95. The summed E-state index contributed by atoms with van der Waals surface area (Å²) in [7, 11) is -3.68. The van der Waals surface area contributed by atoms with E-state index in [1.807, 2.05) is 26.0 Å². The van der Waals surface area contributed by atoms with Crippen LogP contribution in [0.15, 0.2) is 41.3 Å². The summed E-state index contributed by atoms with van der Waals surface area (Å²) in [5, 5.41) is 0. The van der Waals surface area contributed by atoms with Crippen molar-refractivity contribution in [3.63, 3.8) is 0 Å². The van der Waals surface area contributed by atoms with E-state index in [0.29, 0.717) is 44.8 Å². The van der Waals surface area contributed by atoms with Crippen molar-refractivity contribution in [1.29, 1.82) is 0 Å². The van der Waals surface area contributed by atoms with E-state index in [0.717, 1.165) is 24.1 Å². The second kappa shape index (κ2) is 8.49. The lowest BCUT2D eigenvalue weighted by molar-refractivity contribution is 0.0730. The van der Waals surface area contributed by atoms with E-state index in [1.54, 1.807) is 23.1 Å². The van der Waals surface area contributed by atoms with Crippen LogP contribution in [-0.4, -0.2) is 51.5 Å². The summed E-state index contributed by atoms with van der Waals surface area (Å²) in [6.07, 6.45) is 2.43. The molecule has 160 valence electrons. The average Bonchev–Trinajstić information content (AvgIpc) is 2.78. The van der Waals surface area contributed by atoms with Crippen LogP contribution in [0.4, 0.5) is 5.69 Å². The summed E-state index contributed by atoms with van der Waals surface area (Å²) >= 11 is 0. The molecule has 1 amide bonds. The number of hydrogen-bond donors (Lipinski definition) is 0. The summed E-state index contributed by atoms with van der Waals surface area (Å²) in [5.74, 6) is -0.152. The van der Waals surface area contributed by atoms with Crippen molar-refractivity contribution in [2.24, 2.45) is 0 Å². The Bertz CT molecular complexity index is 1060. The summed E-state index contributed by atoms with van der Waals surface area (Å²) < 4.78 is 33.4. The van der Waals surface area contributed by atoms with Crippen LogP contribution in [-0.2, 0) is 27.6 Å². The zero-order valence-corrected chi connectivity index (χ0v) is 18.4. The van der Waals surface area contributed by atoms with E-state index < -0.39 is 10.0 Å². The highest BCUT2D eigenvalue weighted by Gasteiger charge is 2.30. The molecule has 2 aromatic rings. The Hall–Kier alpha value is -2.22. The van der Waals surface area contributed by atoms with Crippen molar-refractivity contribution >= 4 is 21.6 Å². The molecule has 6 nitrogen and oxygen atoms in total. The molecule has 2 heterocycles. The van der Waals surface area contributed by atoms with Crippen molar-refractivity contribution in [2.45, 2.75) is 38.0 Å². The van der Waals surface area contributed by atoms with Crippen molar-refractivity contribution in [2.75, 3.05) is 37.7 Å². The van der Waals surface area contributed by atoms with Gasteiger partial charge in [-0.05, 0) is 55.5 Å². The van der Waals surface area contributed by atoms with Crippen LogP contribution in [0.2, 0.25) is 0 Å². The van der Waals surface area contributed by atoms with Gasteiger partial charge >= 0.3 is 0 Å². The normalized spacial score (nSPS) is 17.6. The number of amides is 1. The molecule has 1 saturated heterocycles. The number of morpholine rings is 1. The van der Waals surface area contributed by atoms with Gasteiger partial charge in [0.2, 0.25) is 10.0 Å². The lowest BCUT2D eigenvalue weighted by Gasteiger charge is -2.30. The van der Waals surface area contributed by atoms with Gasteiger partial charge in [-0.1, -0.05) is 30.7 Å². The molecule has 0 spiro atoms. The molecule has 2 aliphatic rings. The molecule has 7 heteroatoms. The topological polar surface area (TPSA) is 66.9 Å². The van der Waals surface area contributed by atoms with Crippen molar-refractivity contribution in [1.82, 2.24) is 4.31 Å². The highest BCUT2D eigenvalue weighted by atomic mass is 32.2. The number of rotatable bonds is 4. The first-order chi connectivity index (χ1) is 14.4. The van der Waals surface area contributed by atoms with Gasteiger partial charge < -0.3 is 9.64 Å². The molecular weight excluding hydrogens is 400 g/mol. The van der Waals surface area contributed by atoms with Gasteiger partial charge in [-0.3, -0.25) is 4.79 Å². The number of nitrogens with zero attached hydrogens (tertiary/aromatic N) is 2. The van der Waals surface area contributed by atoms with Crippen LogP contribution in [0.1, 0.15) is 40.4 Å². The molecule has 0 aromatic heterocycles. The zero-order chi connectivity index (χ0) is 21.3. The van der Waals surface area contributed by atoms with Crippen LogP contribution >= 0.6 is 0 Å². The van der Waals surface area contributed by atoms with Gasteiger partial charge in [-0.2, -0.15) is 4.31 Å². The molecule has 0 saturated carbocycles. The second-order valence-corrected chi connectivity index (χ2v) is 9.79. The highest BCUT2D eigenvalue weighted by Crippen LogP contribution is 2.30. The predicted molar refractivity (Wildman–Crippen MR) is 117 cm³/mol. The summed E-state index contributed by atoms with van der Waals surface area (Å²) in [5.41, 5.74) is 4.41. The number of benzene rings is 2. The molecule has 1 fully saturated rings. The van der Waals surface area contributed by atoms with Gasteiger partial charge in [0.25, 0.3) is 5.91 Å². The van der Waals surface area contributed by atoms with E-state index in [2.05, 4.69) is 6.07 Å². The van der Waals surface area contributed by atoms with Crippen molar-refractivity contribution in [3.8, 4) is 0 Å². The van der Waals surface area contributed by atoms with Gasteiger partial charge in [-0.25, -0.2) is 8.42 Å². The number of hydrogen-bond acceptors (Lipinski definition) is 4. The fourth-order valence-corrected chi connectivity index (χ4v) is 5.97. The van der Waals surface area contributed by atoms with Crippen LogP contribution in [0, 0.1) is 6.92 Å². The first kappa shape index (κ1) is 21.0. The fraction of sp³-hybridized carbons (Fsp3) is 0.435. The van der Waals surface area contributed by atoms with E-state index in [-0.39, 0.29) is 10.8 Å². The maximum absolute atomic E-state index is 13.4. The Morgan fingerprint density at radius 3 is 2.57 bits per heavy atom. The number of anilines is 1. The molecular formula is C23H28N2O4S. The lowest BCUT2D eigenvalue weighted by Crippen LogP contribution is -2.41. The minimum Gasteiger partial charge on any atom is -0.379 e. The molecule has 2 aliphatic heterocycles. The minimum atomic E-state index is -3.68. The largest absolute Gasteiger partial charge is 0.379 e. The quantitative estimate of drug-likeness (QED) is 0.750. The number of aryl methyl sites for hydroxylation is 3. The summed E-state index contributed by atoms with van der Waals surface area (Å²) in [6, 6.07) is 11.2. The van der Waals surface area contributed by atoms with Crippen LogP contribution < -0.4 is 4.90 Å². The molecule has 4 rings (SSSR count). The van der Waals surface area contributed by atoms with E-state index in [9.17, 15) is 13.2 Å². The maximum Gasteiger partial charge on any atom is 0.258 e. The predicted octanol–water partition coefficient (Wildman–Crippen LogP) is 3.17. The monoisotopic (exact) mass is 428 g/mol. The van der Waals surface area contributed by atoms with Gasteiger partial charge in [0.05, 0.1) is 18.1 Å². The number of sulfonamides is 1. The summed E-state index contributed by atoms with van der Waals surface area (Å²) in [4.78, 5) is 15.4. The standard InChI is InChI=1S/C23H28N2O4S/c1-3-18-7-8-20(16-22(18)30(27,28)24-11-13-29-14-12-24)23(26)25-10-4-5-19-15-17(2)6-9-21(19)25/h6-9,15-16H,3-5,10-14H2,1-2H3. The molecule has 0 radical (unpaired) electrons. The molecule has 0 bridgehead atoms. The fourth-order valence-electron chi connectivity index (χ4n) is 4.24. The van der Waals surface area contributed by atoms with Crippen LogP contribution in [0.25, 0.3) is 0 Å². The van der Waals surface area contributed by atoms with Crippen LogP contribution in [0.3, 0.4) is 0 Å². The minimum absolute atomic E-state index is 0.152. The average molecular weight is 429 g/mol. The maximum atomic E-state index is 13.4. The number of carbonyl (C=O) groups excluding carboxylic acids is 1. The molecule has 30 heavy (non-hydrogen) atoms. The lowest BCUT2D eigenvalue weighted by atomic mass is 9.98. The summed E-state index contributed by atoms with van der Waals surface area (Å²) in [6.45, 7) is 6.07. The van der Waals surface area contributed by atoms with Crippen molar-refractivity contribution in [3.05, 3.63) is 58.7 Å². The number of ether oxygens (including phenoxy) is 1. The van der Waals surface area contributed by atoms with Gasteiger partial charge in [-0.15, -0.1) is 0 Å². The third-order valence-electron chi connectivity index (χ3n) is 5.88. The third kappa shape index (κ3) is 3.89. The van der Waals surface area contributed by atoms with E-state index in [4.69, 9.17) is 4.74 Å². The molecule has 0 atom stereocenters. The molecule has 0 N–H and O–H groups in total. The SMILES string of the molecule is CCc1ccc(C(=O)N2CCCc3cc(C)ccc32)cc1S(=O)(=O)N1CCOCC1. The Balaban J connectivity index is 1.71. The first-order valence-electron chi connectivity index (χ1n) is 10.5. The Morgan fingerprint density at radius 2 is 1.83 bits per heavy atom. The van der Waals surface area contributed by atoms with Gasteiger partial charge in [0.1, 0.15) is 0 Å². The molecule has 2 aromatic carbocycles. The third-order valence-corrected chi connectivity index (χ3v) is 7.86. The van der Waals surface area contributed by atoms with Crippen LogP contribution in [0.5, 0.6) is 0 Å². The molecule has 0 aliphatic carbocycles. The zero-order valence-electron chi connectivity index (χ0n) is 17.6. The second-order valence-electron chi connectivity index (χ2n) is 7.89. The van der Waals surface area contributed by atoms with Crippen molar-refractivity contribution < 1.29 is 17.9 Å². The Morgan fingerprint density at radius 1 is 1.07 bits per heavy atom. The molecule has 0 unspecified atom stereocenters. The van der Waals surface area contributed by atoms with Gasteiger partial charge in [0, 0.05) is 30.9 Å². The van der Waals surface area contributed by atoms with Gasteiger partial charge in [0.15, 0.2) is 0 Å².